The Morgan fingerprint density at radius 2 is 2.05 bits per heavy atom. The van der Waals surface area contributed by atoms with Crippen LogP contribution in [0.15, 0.2) is 18.6 Å². The normalized spacial score (nSPS) is 12.2. The van der Waals surface area contributed by atoms with Crippen molar-refractivity contribution in [1.82, 2.24) is 20.1 Å². The molecule has 0 radical (unpaired) electrons. The number of fused-ring (bicyclic) bond motifs is 1. The predicted octanol–water partition coefficient (Wildman–Crippen LogP) is 2.46. The Hall–Kier alpha value is -1.24. The van der Waals surface area contributed by atoms with E-state index in [2.05, 4.69) is 35.0 Å². The van der Waals surface area contributed by atoms with Crippen LogP contribution >= 0.6 is 0 Å². The van der Waals surface area contributed by atoms with Crippen molar-refractivity contribution < 1.29 is 4.74 Å². The molecular weight excluding hydrogens is 268 g/mol. The van der Waals surface area contributed by atoms with Gasteiger partial charge in [-0.1, -0.05) is 19.6 Å². The summed E-state index contributed by atoms with van der Waals surface area (Å²) in [5.41, 5.74) is 2.26. The van der Waals surface area contributed by atoms with Gasteiger partial charge in [-0.2, -0.15) is 5.10 Å². The van der Waals surface area contributed by atoms with Crippen LogP contribution in [0.2, 0.25) is 25.7 Å². The molecule has 20 heavy (non-hydrogen) atoms. The van der Waals surface area contributed by atoms with Crippen LogP contribution in [-0.2, 0) is 18.0 Å². The van der Waals surface area contributed by atoms with E-state index in [4.69, 9.17) is 4.74 Å². The van der Waals surface area contributed by atoms with Crippen LogP contribution < -0.4 is 5.32 Å². The largest absolute Gasteiger partial charge is 0.360 e. The summed E-state index contributed by atoms with van der Waals surface area (Å²) < 4.78 is 7.71. The standard InChI is InChI=1S/C14H24N4OSi/c1-15-7-12-8-16-9-13-10-17-18(14(12)13)11-19-5-6-20(2,3)4/h8-10,15H,5-7,11H2,1-4H3. The maximum Gasteiger partial charge on any atom is 0.140 e. The number of ether oxygens (including phenoxy) is 1. The molecule has 0 aliphatic rings. The molecule has 0 aliphatic heterocycles. The minimum Gasteiger partial charge on any atom is -0.360 e. The fraction of sp³-hybridized carbons (Fsp3) is 0.571. The maximum atomic E-state index is 5.79. The van der Waals surface area contributed by atoms with Crippen LogP contribution in [0.4, 0.5) is 0 Å². The van der Waals surface area contributed by atoms with Crippen molar-refractivity contribution in [2.24, 2.45) is 0 Å². The van der Waals surface area contributed by atoms with Gasteiger partial charge in [0.25, 0.3) is 0 Å². The van der Waals surface area contributed by atoms with Gasteiger partial charge in [0.15, 0.2) is 0 Å². The molecule has 0 spiro atoms. The quantitative estimate of drug-likeness (QED) is 0.629. The summed E-state index contributed by atoms with van der Waals surface area (Å²) in [4.78, 5) is 4.24. The smallest absolute Gasteiger partial charge is 0.140 e. The van der Waals surface area contributed by atoms with E-state index in [9.17, 15) is 0 Å². The highest BCUT2D eigenvalue weighted by Crippen LogP contribution is 2.17. The summed E-state index contributed by atoms with van der Waals surface area (Å²) >= 11 is 0. The molecule has 0 bridgehead atoms. The maximum absolute atomic E-state index is 5.79. The van der Waals surface area contributed by atoms with Crippen LogP contribution in [0.1, 0.15) is 5.56 Å². The molecule has 2 rings (SSSR count). The van der Waals surface area contributed by atoms with Gasteiger partial charge in [-0.05, 0) is 13.1 Å². The summed E-state index contributed by atoms with van der Waals surface area (Å²) in [6, 6.07) is 1.18. The van der Waals surface area contributed by atoms with E-state index in [1.165, 1.54) is 6.04 Å². The van der Waals surface area contributed by atoms with Crippen LogP contribution in [0.5, 0.6) is 0 Å². The van der Waals surface area contributed by atoms with Gasteiger partial charge in [0, 0.05) is 44.6 Å². The molecule has 0 aromatic carbocycles. The number of rotatable bonds is 7. The zero-order chi connectivity index (χ0) is 14.6. The third-order valence-electron chi connectivity index (χ3n) is 3.19. The van der Waals surface area contributed by atoms with Gasteiger partial charge in [0.1, 0.15) is 6.73 Å². The van der Waals surface area contributed by atoms with Gasteiger partial charge >= 0.3 is 0 Å². The summed E-state index contributed by atoms with van der Waals surface area (Å²) in [6.45, 7) is 9.17. The molecule has 2 heterocycles. The third kappa shape index (κ3) is 3.88. The van der Waals surface area contributed by atoms with Crippen molar-refractivity contribution in [3.63, 3.8) is 0 Å². The van der Waals surface area contributed by atoms with Gasteiger partial charge in [0.05, 0.1) is 11.7 Å². The number of hydrogen-bond acceptors (Lipinski definition) is 4. The van der Waals surface area contributed by atoms with Crippen molar-refractivity contribution in [2.45, 2.75) is 39.0 Å². The number of hydrogen-bond donors (Lipinski definition) is 1. The summed E-state index contributed by atoms with van der Waals surface area (Å²) in [6.07, 6.45) is 5.59. The monoisotopic (exact) mass is 292 g/mol. The van der Waals surface area contributed by atoms with E-state index in [1.54, 1.807) is 0 Å². The Labute approximate surface area is 121 Å². The number of aromatic nitrogens is 3. The number of pyridine rings is 1. The average molecular weight is 292 g/mol. The lowest BCUT2D eigenvalue weighted by Crippen LogP contribution is -2.22. The molecule has 0 aliphatic carbocycles. The average Bonchev–Trinajstić information content (AvgIpc) is 2.78. The van der Waals surface area contributed by atoms with Gasteiger partial charge in [-0.25, -0.2) is 4.68 Å². The van der Waals surface area contributed by atoms with Crippen molar-refractivity contribution in [3.05, 3.63) is 24.2 Å². The summed E-state index contributed by atoms with van der Waals surface area (Å²) in [7, 11) is 0.903. The van der Waals surface area contributed by atoms with Crippen molar-refractivity contribution in [1.29, 1.82) is 0 Å². The lowest BCUT2D eigenvalue weighted by molar-refractivity contribution is 0.0816. The molecule has 0 saturated carbocycles. The lowest BCUT2D eigenvalue weighted by atomic mass is 10.2. The minimum absolute atomic E-state index is 0.509. The first-order chi connectivity index (χ1) is 9.51. The van der Waals surface area contributed by atoms with Crippen molar-refractivity contribution in [2.75, 3.05) is 13.7 Å². The van der Waals surface area contributed by atoms with E-state index in [-0.39, 0.29) is 0 Å². The van der Waals surface area contributed by atoms with E-state index in [0.717, 1.165) is 29.6 Å². The molecular formula is C14H24N4OSi. The lowest BCUT2D eigenvalue weighted by Gasteiger charge is -2.15. The zero-order valence-corrected chi connectivity index (χ0v) is 13.8. The summed E-state index contributed by atoms with van der Waals surface area (Å²) in [5.74, 6) is 0. The van der Waals surface area contributed by atoms with E-state index in [1.807, 2.05) is 30.3 Å². The second-order valence-corrected chi connectivity index (χ2v) is 11.9. The van der Waals surface area contributed by atoms with Crippen molar-refractivity contribution >= 4 is 19.0 Å². The number of nitrogens with zero attached hydrogens (tertiary/aromatic N) is 3. The Bertz CT molecular complexity index is 562. The fourth-order valence-corrected chi connectivity index (χ4v) is 2.82. The molecule has 110 valence electrons. The molecule has 6 heteroatoms. The van der Waals surface area contributed by atoms with Crippen LogP contribution in [0.25, 0.3) is 10.9 Å². The predicted molar refractivity (Wildman–Crippen MR) is 84.4 cm³/mol. The molecule has 0 fully saturated rings. The first-order valence-electron chi connectivity index (χ1n) is 7.02. The highest BCUT2D eigenvalue weighted by molar-refractivity contribution is 6.76. The molecule has 5 nitrogen and oxygen atoms in total. The Balaban J connectivity index is 2.06. The first kappa shape index (κ1) is 15.2. The van der Waals surface area contributed by atoms with Crippen LogP contribution in [-0.4, -0.2) is 36.5 Å². The second-order valence-electron chi connectivity index (χ2n) is 6.26. The second kappa shape index (κ2) is 6.47. The van der Waals surface area contributed by atoms with Gasteiger partial charge in [-0.15, -0.1) is 0 Å². The van der Waals surface area contributed by atoms with Crippen LogP contribution in [0.3, 0.4) is 0 Å². The molecule has 0 atom stereocenters. The van der Waals surface area contributed by atoms with Crippen molar-refractivity contribution in [3.8, 4) is 0 Å². The first-order valence-corrected chi connectivity index (χ1v) is 10.7. The summed E-state index contributed by atoms with van der Waals surface area (Å²) in [5, 5.41) is 8.63. The van der Waals surface area contributed by atoms with E-state index >= 15 is 0 Å². The molecule has 2 aromatic heterocycles. The van der Waals surface area contributed by atoms with Gasteiger partial charge < -0.3 is 10.1 Å². The molecule has 0 unspecified atom stereocenters. The molecule has 1 N–H and O–H groups in total. The molecule has 0 saturated heterocycles. The molecule has 2 aromatic rings. The van der Waals surface area contributed by atoms with Gasteiger partial charge in [-0.3, -0.25) is 4.98 Å². The zero-order valence-electron chi connectivity index (χ0n) is 12.8. The SMILES string of the molecule is CNCc1cncc2cnn(COCC[Si](C)(C)C)c12. The van der Waals surface area contributed by atoms with Gasteiger partial charge in [0.2, 0.25) is 0 Å². The fourth-order valence-electron chi connectivity index (χ4n) is 2.06. The Morgan fingerprint density at radius 1 is 1.25 bits per heavy atom. The Morgan fingerprint density at radius 3 is 2.75 bits per heavy atom. The van der Waals surface area contributed by atoms with Crippen LogP contribution in [0, 0.1) is 0 Å². The topological polar surface area (TPSA) is 52.0 Å². The number of nitrogens with one attached hydrogen (secondary N) is 1. The molecule has 0 amide bonds. The highest BCUT2D eigenvalue weighted by Gasteiger charge is 2.13. The highest BCUT2D eigenvalue weighted by atomic mass is 28.3. The Kier molecular flexibility index (Phi) is 4.90. The minimum atomic E-state index is -1.03. The van der Waals surface area contributed by atoms with E-state index < -0.39 is 8.07 Å². The van der Waals surface area contributed by atoms with E-state index in [0.29, 0.717) is 6.73 Å². The third-order valence-corrected chi connectivity index (χ3v) is 4.90.